The molecule has 0 saturated heterocycles. The SMILES string of the molecule is CC(C)CC(=O)N1CCCN(C(C)C)CCN(C(=O)CCCc2ccncc2)Cc2ccc(Cl)cc21. The maximum atomic E-state index is 13.4. The van der Waals surface area contributed by atoms with E-state index in [9.17, 15) is 9.59 Å². The minimum atomic E-state index is 0.110. The number of nitrogens with zero attached hydrogens (tertiary/aromatic N) is 4. The lowest BCUT2D eigenvalue weighted by Crippen LogP contribution is -2.41. The molecule has 6 nitrogen and oxygen atoms in total. The lowest BCUT2D eigenvalue weighted by molar-refractivity contribution is -0.132. The van der Waals surface area contributed by atoms with E-state index < -0.39 is 0 Å². The number of pyridine rings is 1. The monoisotopic (exact) mass is 512 g/mol. The van der Waals surface area contributed by atoms with Gasteiger partial charge in [0.05, 0.1) is 5.69 Å². The summed E-state index contributed by atoms with van der Waals surface area (Å²) in [6.45, 7) is 12.0. The highest BCUT2D eigenvalue weighted by Crippen LogP contribution is 2.29. The van der Waals surface area contributed by atoms with Crippen LogP contribution in [-0.2, 0) is 22.6 Å². The van der Waals surface area contributed by atoms with Gasteiger partial charge in [-0.3, -0.25) is 19.5 Å². The molecule has 7 heteroatoms. The van der Waals surface area contributed by atoms with Gasteiger partial charge in [0.15, 0.2) is 0 Å². The summed E-state index contributed by atoms with van der Waals surface area (Å²) in [7, 11) is 0. The molecule has 196 valence electrons. The van der Waals surface area contributed by atoms with Gasteiger partial charge < -0.3 is 9.80 Å². The largest absolute Gasteiger partial charge is 0.337 e. The number of carbonyl (C=O) groups is 2. The van der Waals surface area contributed by atoms with Gasteiger partial charge >= 0.3 is 0 Å². The summed E-state index contributed by atoms with van der Waals surface area (Å²) in [5, 5.41) is 0.602. The maximum absolute atomic E-state index is 13.4. The molecule has 0 unspecified atom stereocenters. The van der Waals surface area contributed by atoms with Crippen molar-refractivity contribution >= 4 is 29.1 Å². The van der Waals surface area contributed by atoms with E-state index in [0.717, 1.165) is 43.6 Å². The molecular weight excluding hydrogens is 472 g/mol. The number of anilines is 1. The molecule has 36 heavy (non-hydrogen) atoms. The van der Waals surface area contributed by atoms with Crippen LogP contribution in [0.1, 0.15) is 64.5 Å². The number of rotatable bonds is 7. The first-order valence-electron chi connectivity index (χ1n) is 13.2. The second kappa shape index (κ2) is 13.8. The molecule has 0 radical (unpaired) electrons. The third-order valence-corrected chi connectivity index (χ3v) is 6.99. The van der Waals surface area contributed by atoms with E-state index in [4.69, 9.17) is 11.6 Å². The highest BCUT2D eigenvalue weighted by atomic mass is 35.5. The molecular formula is C29H41ClN4O2. The minimum absolute atomic E-state index is 0.110. The Labute approximate surface area is 221 Å². The average Bonchev–Trinajstić information content (AvgIpc) is 2.86. The fourth-order valence-electron chi connectivity index (χ4n) is 4.72. The first-order chi connectivity index (χ1) is 17.2. The van der Waals surface area contributed by atoms with E-state index in [0.29, 0.717) is 43.5 Å². The van der Waals surface area contributed by atoms with Crippen molar-refractivity contribution in [1.82, 2.24) is 14.8 Å². The normalized spacial score (nSPS) is 15.6. The van der Waals surface area contributed by atoms with Crippen molar-refractivity contribution in [1.29, 1.82) is 0 Å². The van der Waals surface area contributed by atoms with Crippen molar-refractivity contribution in [3.8, 4) is 0 Å². The maximum Gasteiger partial charge on any atom is 0.227 e. The Hall–Kier alpha value is -2.44. The highest BCUT2D eigenvalue weighted by molar-refractivity contribution is 6.31. The fraction of sp³-hybridized carbons (Fsp3) is 0.552. The average molecular weight is 513 g/mol. The Bertz CT molecular complexity index is 996. The quantitative estimate of drug-likeness (QED) is 0.486. The van der Waals surface area contributed by atoms with E-state index >= 15 is 0 Å². The Kier molecular flexibility index (Phi) is 10.7. The molecule has 2 heterocycles. The van der Waals surface area contributed by atoms with E-state index in [1.54, 1.807) is 12.4 Å². The molecule has 0 spiro atoms. The van der Waals surface area contributed by atoms with Crippen LogP contribution < -0.4 is 4.90 Å². The summed E-state index contributed by atoms with van der Waals surface area (Å²) < 4.78 is 0. The van der Waals surface area contributed by atoms with Gasteiger partial charge in [-0.1, -0.05) is 31.5 Å². The van der Waals surface area contributed by atoms with Gasteiger partial charge in [-0.05, 0) is 74.4 Å². The number of hydrogen-bond donors (Lipinski definition) is 0. The Balaban J connectivity index is 1.86. The van der Waals surface area contributed by atoms with Crippen LogP contribution in [0.3, 0.4) is 0 Å². The molecule has 2 amide bonds. The van der Waals surface area contributed by atoms with Crippen LogP contribution in [0, 0.1) is 5.92 Å². The van der Waals surface area contributed by atoms with E-state index in [2.05, 4.69) is 37.6 Å². The predicted molar refractivity (Wildman–Crippen MR) is 147 cm³/mol. The molecule has 1 aliphatic heterocycles. The van der Waals surface area contributed by atoms with Crippen molar-refractivity contribution in [3.05, 3.63) is 58.9 Å². The van der Waals surface area contributed by atoms with Crippen LogP contribution in [-0.4, -0.2) is 58.8 Å². The minimum Gasteiger partial charge on any atom is -0.337 e. The van der Waals surface area contributed by atoms with Crippen molar-refractivity contribution in [2.45, 2.75) is 72.4 Å². The number of aryl methyl sites for hydroxylation is 1. The van der Waals surface area contributed by atoms with Crippen LogP contribution in [0.4, 0.5) is 5.69 Å². The molecule has 1 aromatic carbocycles. The molecule has 0 N–H and O–H groups in total. The molecule has 3 rings (SSSR count). The van der Waals surface area contributed by atoms with E-state index in [1.165, 1.54) is 5.56 Å². The van der Waals surface area contributed by atoms with Gasteiger partial charge in [0.25, 0.3) is 0 Å². The first kappa shape index (κ1) is 28.1. The van der Waals surface area contributed by atoms with Crippen LogP contribution in [0.5, 0.6) is 0 Å². The second-order valence-corrected chi connectivity index (χ2v) is 10.9. The molecule has 0 aliphatic carbocycles. The number of amides is 2. The molecule has 0 fully saturated rings. The van der Waals surface area contributed by atoms with Crippen molar-refractivity contribution < 1.29 is 9.59 Å². The number of carbonyl (C=O) groups excluding carboxylic acids is 2. The molecule has 0 atom stereocenters. The zero-order valence-electron chi connectivity index (χ0n) is 22.3. The van der Waals surface area contributed by atoms with Gasteiger partial charge in [0, 0.05) is 69.0 Å². The van der Waals surface area contributed by atoms with Crippen LogP contribution >= 0.6 is 11.6 Å². The van der Waals surface area contributed by atoms with Crippen molar-refractivity contribution in [2.75, 3.05) is 31.1 Å². The Morgan fingerprint density at radius 2 is 1.72 bits per heavy atom. The lowest BCUT2D eigenvalue weighted by atomic mass is 10.1. The summed E-state index contributed by atoms with van der Waals surface area (Å²) in [4.78, 5) is 37.1. The lowest BCUT2D eigenvalue weighted by Gasteiger charge is -2.30. The molecule has 2 aromatic rings. The van der Waals surface area contributed by atoms with Gasteiger partial charge in [-0.2, -0.15) is 0 Å². The molecule has 0 bridgehead atoms. The van der Waals surface area contributed by atoms with Gasteiger partial charge in [0.1, 0.15) is 0 Å². The number of benzene rings is 1. The standard InChI is InChI=1S/C29H41ClN4O2/c1-22(2)19-29(36)34-16-6-15-32(23(3)4)17-18-33(21-25-9-10-26(30)20-27(25)34)28(35)8-5-7-24-11-13-31-14-12-24/h9-14,20,22-23H,5-8,15-19,21H2,1-4H3. The molecule has 1 aliphatic rings. The van der Waals surface area contributed by atoms with E-state index in [1.807, 2.05) is 40.1 Å². The van der Waals surface area contributed by atoms with Crippen LogP contribution in [0.25, 0.3) is 0 Å². The number of aromatic nitrogens is 1. The zero-order valence-corrected chi connectivity index (χ0v) is 23.0. The zero-order chi connectivity index (χ0) is 26.1. The van der Waals surface area contributed by atoms with Crippen LogP contribution in [0.2, 0.25) is 5.02 Å². The summed E-state index contributed by atoms with van der Waals surface area (Å²) in [6.07, 6.45) is 7.07. The first-order valence-corrected chi connectivity index (χ1v) is 13.6. The van der Waals surface area contributed by atoms with E-state index in [-0.39, 0.29) is 17.7 Å². The third kappa shape index (κ3) is 8.31. The Morgan fingerprint density at radius 1 is 0.972 bits per heavy atom. The summed E-state index contributed by atoms with van der Waals surface area (Å²) >= 11 is 6.41. The smallest absolute Gasteiger partial charge is 0.227 e. The number of fused-ring (bicyclic) bond motifs is 1. The van der Waals surface area contributed by atoms with Crippen molar-refractivity contribution in [3.63, 3.8) is 0 Å². The van der Waals surface area contributed by atoms with Crippen LogP contribution in [0.15, 0.2) is 42.7 Å². The summed E-state index contributed by atoms with van der Waals surface area (Å²) in [5.41, 5.74) is 3.00. The van der Waals surface area contributed by atoms with Gasteiger partial charge in [0.2, 0.25) is 11.8 Å². The summed E-state index contributed by atoms with van der Waals surface area (Å²) in [6, 6.07) is 10.1. The second-order valence-electron chi connectivity index (χ2n) is 10.4. The topological polar surface area (TPSA) is 56.8 Å². The molecule has 1 aromatic heterocycles. The van der Waals surface area contributed by atoms with Gasteiger partial charge in [-0.25, -0.2) is 0 Å². The summed E-state index contributed by atoms with van der Waals surface area (Å²) in [5.74, 6) is 0.524. The third-order valence-electron chi connectivity index (χ3n) is 6.76. The number of halogens is 1. The molecule has 0 saturated carbocycles. The highest BCUT2D eigenvalue weighted by Gasteiger charge is 2.25. The number of hydrogen-bond acceptors (Lipinski definition) is 4. The fourth-order valence-corrected chi connectivity index (χ4v) is 4.89. The van der Waals surface area contributed by atoms with Crippen molar-refractivity contribution in [2.24, 2.45) is 5.92 Å². The van der Waals surface area contributed by atoms with Gasteiger partial charge in [-0.15, -0.1) is 0 Å². The Morgan fingerprint density at radius 3 is 2.42 bits per heavy atom. The predicted octanol–water partition coefficient (Wildman–Crippen LogP) is 5.58.